The van der Waals surface area contributed by atoms with Crippen molar-refractivity contribution in [2.45, 2.75) is 32.6 Å². The molecule has 0 amide bonds. The lowest BCUT2D eigenvalue weighted by Crippen LogP contribution is -2.08. The van der Waals surface area contributed by atoms with Crippen LogP contribution in [0.3, 0.4) is 0 Å². The van der Waals surface area contributed by atoms with E-state index in [1.165, 1.54) is 24.0 Å². The molecule has 0 aliphatic heterocycles. The quantitative estimate of drug-likeness (QED) is 0.590. The van der Waals surface area contributed by atoms with E-state index in [0.29, 0.717) is 0 Å². The molecule has 4 rings (SSSR count). The van der Waals surface area contributed by atoms with Crippen molar-refractivity contribution in [2.75, 3.05) is 0 Å². The molecule has 3 aromatic carbocycles. The van der Waals surface area contributed by atoms with Gasteiger partial charge in [-0.2, -0.15) is 0 Å². The highest BCUT2D eigenvalue weighted by Crippen LogP contribution is 2.27. The van der Waals surface area contributed by atoms with Crippen LogP contribution in [0.25, 0.3) is 10.8 Å². The van der Waals surface area contributed by atoms with Crippen LogP contribution in [-0.4, -0.2) is 5.78 Å². The molecule has 1 aliphatic carbocycles. The monoisotopic (exact) mass is 300 g/mol. The van der Waals surface area contributed by atoms with Gasteiger partial charge in [-0.1, -0.05) is 48.5 Å². The predicted octanol–water partition coefficient (Wildman–Crippen LogP) is 5.26. The molecule has 0 aromatic heterocycles. The number of benzene rings is 3. The van der Waals surface area contributed by atoms with E-state index in [-0.39, 0.29) is 5.78 Å². The van der Waals surface area contributed by atoms with Gasteiger partial charge >= 0.3 is 0 Å². The lowest BCUT2D eigenvalue weighted by Gasteiger charge is -2.17. The zero-order chi connectivity index (χ0) is 15.8. The third kappa shape index (κ3) is 2.46. The van der Waals surface area contributed by atoms with Gasteiger partial charge in [-0.15, -0.1) is 0 Å². The number of carbonyl (C=O) groups excluding carboxylic acids is 1. The number of rotatable bonds is 2. The van der Waals surface area contributed by atoms with Crippen molar-refractivity contribution in [1.82, 2.24) is 0 Å². The lowest BCUT2D eigenvalue weighted by atomic mass is 9.87. The summed E-state index contributed by atoms with van der Waals surface area (Å²) in [4.78, 5) is 13.2. The summed E-state index contributed by atoms with van der Waals surface area (Å²) in [7, 11) is 0. The number of aryl methyl sites for hydroxylation is 3. The molecule has 0 unspecified atom stereocenters. The van der Waals surface area contributed by atoms with Crippen LogP contribution in [0.2, 0.25) is 0 Å². The van der Waals surface area contributed by atoms with E-state index in [9.17, 15) is 4.79 Å². The van der Waals surface area contributed by atoms with Crippen molar-refractivity contribution in [3.63, 3.8) is 0 Å². The number of hydrogen-bond acceptors (Lipinski definition) is 1. The normalized spacial score (nSPS) is 13.8. The molecule has 1 nitrogen and oxygen atoms in total. The average molecular weight is 300 g/mol. The second-order valence-corrected chi connectivity index (χ2v) is 6.50. The Bertz CT molecular complexity index is 905. The number of ketones is 1. The first-order chi connectivity index (χ1) is 11.2. The van der Waals surface area contributed by atoms with Gasteiger partial charge in [0, 0.05) is 11.1 Å². The molecule has 114 valence electrons. The maximum absolute atomic E-state index is 13.2. The smallest absolute Gasteiger partial charge is 0.193 e. The minimum absolute atomic E-state index is 0.146. The molecule has 0 saturated carbocycles. The van der Waals surface area contributed by atoms with Crippen LogP contribution in [0.5, 0.6) is 0 Å². The zero-order valence-electron chi connectivity index (χ0n) is 13.4. The van der Waals surface area contributed by atoms with Crippen LogP contribution in [0.4, 0.5) is 0 Å². The Morgan fingerprint density at radius 1 is 0.870 bits per heavy atom. The Kier molecular flexibility index (Phi) is 3.49. The summed E-state index contributed by atoms with van der Waals surface area (Å²) in [5, 5.41) is 2.18. The van der Waals surface area contributed by atoms with Gasteiger partial charge in [0.05, 0.1) is 0 Å². The molecular weight excluding hydrogens is 280 g/mol. The summed E-state index contributed by atoms with van der Waals surface area (Å²) >= 11 is 0. The van der Waals surface area contributed by atoms with Gasteiger partial charge in [0.25, 0.3) is 0 Å². The van der Waals surface area contributed by atoms with E-state index in [0.717, 1.165) is 40.3 Å². The topological polar surface area (TPSA) is 17.1 Å². The van der Waals surface area contributed by atoms with Crippen LogP contribution in [0, 0.1) is 6.92 Å². The van der Waals surface area contributed by atoms with Crippen LogP contribution in [-0.2, 0) is 12.8 Å². The summed E-state index contributed by atoms with van der Waals surface area (Å²) in [5.74, 6) is 0.146. The molecule has 0 heterocycles. The predicted molar refractivity (Wildman–Crippen MR) is 95.2 cm³/mol. The molecule has 0 radical (unpaired) electrons. The Balaban J connectivity index is 1.85. The van der Waals surface area contributed by atoms with Crippen molar-refractivity contribution in [1.29, 1.82) is 0 Å². The molecule has 1 aliphatic rings. The number of fused-ring (bicyclic) bond motifs is 2. The summed E-state index contributed by atoms with van der Waals surface area (Å²) in [6, 6.07) is 18.6. The van der Waals surface area contributed by atoms with Gasteiger partial charge in [-0.05, 0) is 66.1 Å². The van der Waals surface area contributed by atoms with E-state index in [4.69, 9.17) is 0 Å². The summed E-state index contributed by atoms with van der Waals surface area (Å²) in [6.45, 7) is 2.03. The summed E-state index contributed by atoms with van der Waals surface area (Å²) in [5.41, 5.74) is 5.50. The number of hydrogen-bond donors (Lipinski definition) is 0. The minimum atomic E-state index is 0.146. The van der Waals surface area contributed by atoms with E-state index in [2.05, 4.69) is 24.3 Å². The van der Waals surface area contributed by atoms with Gasteiger partial charge < -0.3 is 0 Å². The Labute approximate surface area is 137 Å². The van der Waals surface area contributed by atoms with Gasteiger partial charge in [-0.25, -0.2) is 0 Å². The first kappa shape index (κ1) is 14.2. The Hall–Kier alpha value is -2.41. The van der Waals surface area contributed by atoms with Crippen molar-refractivity contribution < 1.29 is 4.79 Å². The molecule has 0 fully saturated rings. The first-order valence-electron chi connectivity index (χ1n) is 8.39. The molecule has 1 heteroatoms. The summed E-state index contributed by atoms with van der Waals surface area (Å²) in [6.07, 6.45) is 4.75. The van der Waals surface area contributed by atoms with Crippen LogP contribution < -0.4 is 0 Å². The second-order valence-electron chi connectivity index (χ2n) is 6.50. The lowest BCUT2D eigenvalue weighted by molar-refractivity contribution is 0.103. The van der Waals surface area contributed by atoms with Crippen LogP contribution in [0.15, 0.2) is 54.6 Å². The fraction of sp³-hybridized carbons (Fsp3) is 0.227. The zero-order valence-corrected chi connectivity index (χ0v) is 13.4. The Morgan fingerprint density at radius 3 is 2.52 bits per heavy atom. The van der Waals surface area contributed by atoms with Crippen molar-refractivity contribution >= 4 is 16.6 Å². The highest BCUT2D eigenvalue weighted by Gasteiger charge is 2.17. The molecular formula is C22H20O. The maximum Gasteiger partial charge on any atom is 0.193 e. The van der Waals surface area contributed by atoms with E-state index in [1.807, 2.05) is 37.3 Å². The minimum Gasteiger partial charge on any atom is -0.289 e. The van der Waals surface area contributed by atoms with Crippen molar-refractivity contribution in [2.24, 2.45) is 0 Å². The summed E-state index contributed by atoms with van der Waals surface area (Å²) < 4.78 is 0. The SMILES string of the molecule is Cc1ccc2ccccc2c1C(=O)c1ccc2c(c1)CCCC2. The third-order valence-corrected chi connectivity index (χ3v) is 4.98. The van der Waals surface area contributed by atoms with Crippen molar-refractivity contribution in [3.8, 4) is 0 Å². The van der Waals surface area contributed by atoms with Gasteiger partial charge in [-0.3, -0.25) is 4.79 Å². The van der Waals surface area contributed by atoms with Crippen LogP contribution >= 0.6 is 0 Å². The van der Waals surface area contributed by atoms with Gasteiger partial charge in [0.2, 0.25) is 0 Å². The highest BCUT2D eigenvalue weighted by molar-refractivity contribution is 6.17. The molecule has 0 saturated heterocycles. The fourth-order valence-corrected chi connectivity index (χ4v) is 3.70. The maximum atomic E-state index is 13.2. The third-order valence-electron chi connectivity index (χ3n) is 4.98. The molecule has 0 spiro atoms. The highest BCUT2D eigenvalue weighted by atomic mass is 16.1. The van der Waals surface area contributed by atoms with Crippen LogP contribution in [0.1, 0.15) is 45.5 Å². The average Bonchev–Trinajstić information content (AvgIpc) is 2.60. The van der Waals surface area contributed by atoms with Gasteiger partial charge in [0.1, 0.15) is 0 Å². The molecule has 0 N–H and O–H groups in total. The largest absolute Gasteiger partial charge is 0.289 e. The standard InChI is InChI=1S/C22H20O/c1-15-10-11-17-7-4-5-9-20(17)21(15)22(23)19-13-12-16-6-2-3-8-18(16)14-19/h4-5,7,9-14H,2-3,6,8H2,1H3. The molecule has 3 aromatic rings. The number of carbonyl (C=O) groups is 1. The second kappa shape index (κ2) is 5.66. The van der Waals surface area contributed by atoms with E-state index < -0.39 is 0 Å². The van der Waals surface area contributed by atoms with E-state index in [1.54, 1.807) is 0 Å². The van der Waals surface area contributed by atoms with E-state index >= 15 is 0 Å². The molecule has 23 heavy (non-hydrogen) atoms. The fourth-order valence-electron chi connectivity index (χ4n) is 3.70. The van der Waals surface area contributed by atoms with Crippen molar-refractivity contribution in [3.05, 3.63) is 82.4 Å². The molecule has 0 bridgehead atoms. The first-order valence-corrected chi connectivity index (χ1v) is 8.39. The molecule has 0 atom stereocenters. The van der Waals surface area contributed by atoms with Gasteiger partial charge in [0.15, 0.2) is 5.78 Å². The Morgan fingerprint density at radius 2 is 1.65 bits per heavy atom.